The number of piperazine rings is 1. The Hall–Kier alpha value is -0.320. The number of likely N-dealkylation sites (tertiary alicyclic amines) is 3. The maximum absolute atomic E-state index is 6.40. The van der Waals surface area contributed by atoms with Gasteiger partial charge in [0.1, 0.15) is 0 Å². The molecule has 4 heterocycles. The molecule has 8 nitrogen and oxygen atoms in total. The Morgan fingerprint density at radius 1 is 0.614 bits per heavy atom. The molecule has 0 N–H and O–H groups in total. The summed E-state index contributed by atoms with van der Waals surface area (Å²) >= 11 is 0. The van der Waals surface area contributed by atoms with Crippen LogP contribution < -0.4 is 0 Å². The van der Waals surface area contributed by atoms with Crippen LogP contribution in [-0.4, -0.2) is 160 Å². The van der Waals surface area contributed by atoms with Gasteiger partial charge in [0.05, 0.1) is 38.1 Å². The quantitative estimate of drug-likeness (QED) is 0.261. The summed E-state index contributed by atoms with van der Waals surface area (Å²) < 4.78 is 17.4. The molecule has 4 fully saturated rings. The van der Waals surface area contributed by atoms with Gasteiger partial charge in [-0.25, -0.2) is 0 Å². The second-order valence-electron chi connectivity index (χ2n) is 13.0. The summed E-state index contributed by atoms with van der Waals surface area (Å²) in [5.74, 6) is 0. The molecule has 0 aromatic carbocycles. The highest BCUT2D eigenvalue weighted by Crippen LogP contribution is 2.25. The fraction of sp³-hybridized carbons (Fsp3) is 1.00. The van der Waals surface area contributed by atoms with Crippen LogP contribution in [0.4, 0.5) is 0 Å². The summed E-state index contributed by atoms with van der Waals surface area (Å²) in [4.78, 5) is 12.8. The van der Waals surface area contributed by atoms with E-state index < -0.39 is 0 Å². The van der Waals surface area contributed by atoms with Crippen molar-refractivity contribution < 1.29 is 14.2 Å². The molecule has 0 saturated carbocycles. The van der Waals surface area contributed by atoms with Crippen LogP contribution in [0.25, 0.3) is 0 Å². The summed E-state index contributed by atoms with van der Waals surface area (Å²) in [7, 11) is 2.22. The Morgan fingerprint density at radius 2 is 1.14 bits per heavy atom. The molecule has 0 amide bonds. The van der Waals surface area contributed by atoms with Crippen LogP contribution >= 0.6 is 0 Å². The molecule has 0 unspecified atom stereocenters. The molecular weight excluding hydrogens is 550 g/mol. The van der Waals surface area contributed by atoms with Crippen LogP contribution in [0.15, 0.2) is 0 Å². The first-order valence-electron chi connectivity index (χ1n) is 18.8. The average Bonchev–Trinajstić information content (AvgIpc) is 3.06. The molecule has 4 saturated heterocycles. The van der Waals surface area contributed by atoms with Gasteiger partial charge in [-0.15, -0.1) is 0 Å². The predicted octanol–water partition coefficient (Wildman–Crippen LogP) is 5.55. The van der Waals surface area contributed by atoms with Crippen LogP contribution in [0.2, 0.25) is 0 Å². The molecule has 0 bridgehead atoms. The highest BCUT2D eigenvalue weighted by molar-refractivity contribution is 4.85. The molecule has 0 atom stereocenters. The van der Waals surface area contributed by atoms with Crippen molar-refractivity contribution in [3.63, 3.8) is 0 Å². The van der Waals surface area contributed by atoms with Gasteiger partial charge < -0.3 is 33.8 Å². The molecule has 0 spiro atoms. The smallest absolute Gasteiger partial charge is 0.0703 e. The van der Waals surface area contributed by atoms with Gasteiger partial charge in [-0.1, -0.05) is 34.6 Å². The zero-order valence-corrected chi connectivity index (χ0v) is 31.2. The van der Waals surface area contributed by atoms with E-state index in [1.54, 1.807) is 0 Å². The standard InChI is InChI=1S/C19H37N3O.C13H28N2O2.2C2H6/c1-16(2)21-12-4-17(5-13-21)22-14-8-19(9-15-22)23-18-6-10-20(3)11-7-18;1-4-14-5-7-15(8-6-14)9-10-16-11-12-17-13(2)3;2*1-2/h16-19H,4-15H2,1-3H3;13H,4-12H2,1-3H3;2*1-2H3. The number of hydrogen-bond acceptors (Lipinski definition) is 8. The van der Waals surface area contributed by atoms with Crippen molar-refractivity contribution in [2.45, 2.75) is 131 Å². The number of ether oxygens (including phenoxy) is 3. The van der Waals surface area contributed by atoms with Crippen molar-refractivity contribution in [2.75, 3.05) is 105 Å². The van der Waals surface area contributed by atoms with E-state index in [-0.39, 0.29) is 0 Å². The van der Waals surface area contributed by atoms with Crippen LogP contribution in [0.3, 0.4) is 0 Å². The third kappa shape index (κ3) is 17.6. The van der Waals surface area contributed by atoms with E-state index in [2.05, 4.69) is 52.3 Å². The number of nitrogens with zero attached hydrogens (tertiary/aromatic N) is 5. The molecular formula is C36H77N5O3. The van der Waals surface area contributed by atoms with Crippen molar-refractivity contribution >= 4 is 0 Å². The molecule has 0 aromatic heterocycles. The number of rotatable bonds is 12. The average molecular weight is 628 g/mol. The van der Waals surface area contributed by atoms with E-state index in [1.165, 1.54) is 111 Å². The van der Waals surface area contributed by atoms with Gasteiger partial charge in [0, 0.05) is 71.0 Å². The topological polar surface area (TPSA) is 43.9 Å². The van der Waals surface area contributed by atoms with Gasteiger partial charge >= 0.3 is 0 Å². The van der Waals surface area contributed by atoms with E-state index in [0.29, 0.717) is 37.6 Å². The summed E-state index contributed by atoms with van der Waals surface area (Å²) in [6.45, 7) is 35.7. The third-order valence-corrected chi connectivity index (χ3v) is 9.42. The molecule has 8 heteroatoms. The van der Waals surface area contributed by atoms with Crippen molar-refractivity contribution in [2.24, 2.45) is 0 Å². The molecule has 4 aliphatic rings. The number of piperidine rings is 3. The Bertz CT molecular complexity index is 623. The number of likely N-dealkylation sites (N-methyl/N-ethyl adjacent to an activating group) is 1. The fourth-order valence-electron chi connectivity index (χ4n) is 6.51. The first-order chi connectivity index (χ1) is 21.3. The molecule has 264 valence electrons. The highest BCUT2D eigenvalue weighted by Gasteiger charge is 2.30. The minimum Gasteiger partial charge on any atom is -0.378 e. The van der Waals surface area contributed by atoms with Crippen LogP contribution in [0.1, 0.15) is 101 Å². The Morgan fingerprint density at radius 3 is 1.64 bits per heavy atom. The summed E-state index contributed by atoms with van der Waals surface area (Å²) in [6, 6.07) is 1.54. The number of hydrogen-bond donors (Lipinski definition) is 0. The van der Waals surface area contributed by atoms with Gasteiger partial charge in [0.15, 0.2) is 0 Å². The van der Waals surface area contributed by atoms with Crippen molar-refractivity contribution in [1.82, 2.24) is 24.5 Å². The van der Waals surface area contributed by atoms with Crippen LogP contribution in [0, 0.1) is 0 Å². The summed E-state index contributed by atoms with van der Waals surface area (Å²) in [6.07, 6.45) is 9.02. The van der Waals surface area contributed by atoms with Crippen molar-refractivity contribution in [3.8, 4) is 0 Å². The van der Waals surface area contributed by atoms with E-state index in [1.807, 2.05) is 41.5 Å². The van der Waals surface area contributed by atoms with Gasteiger partial charge in [-0.05, 0) is 92.9 Å². The first-order valence-corrected chi connectivity index (χ1v) is 18.8. The van der Waals surface area contributed by atoms with E-state index >= 15 is 0 Å². The van der Waals surface area contributed by atoms with Crippen LogP contribution in [0.5, 0.6) is 0 Å². The molecule has 0 radical (unpaired) electrons. The maximum atomic E-state index is 6.40. The molecule has 0 aliphatic carbocycles. The molecule has 4 aliphatic heterocycles. The lowest BCUT2D eigenvalue weighted by Crippen LogP contribution is -2.50. The van der Waals surface area contributed by atoms with Crippen molar-refractivity contribution in [1.29, 1.82) is 0 Å². The molecule has 0 aromatic rings. The van der Waals surface area contributed by atoms with E-state index in [9.17, 15) is 0 Å². The van der Waals surface area contributed by atoms with Crippen LogP contribution in [-0.2, 0) is 14.2 Å². The minimum absolute atomic E-state index is 0.306. The SMILES string of the molecule is CC.CC.CC(C)N1CCC(N2CCC(OC3CCN(C)CC3)CC2)CC1.CCN1CCN(CCOCCOC(C)C)CC1. The van der Waals surface area contributed by atoms with Gasteiger partial charge in [0.25, 0.3) is 0 Å². The zero-order valence-electron chi connectivity index (χ0n) is 31.2. The van der Waals surface area contributed by atoms with E-state index in [0.717, 1.165) is 19.2 Å². The van der Waals surface area contributed by atoms with Gasteiger partial charge in [0.2, 0.25) is 0 Å². The largest absolute Gasteiger partial charge is 0.378 e. The lowest BCUT2D eigenvalue weighted by atomic mass is 9.98. The van der Waals surface area contributed by atoms with Crippen molar-refractivity contribution in [3.05, 3.63) is 0 Å². The fourth-order valence-corrected chi connectivity index (χ4v) is 6.51. The Balaban J connectivity index is 0.000000411. The molecule has 4 rings (SSSR count). The highest BCUT2D eigenvalue weighted by atomic mass is 16.5. The normalized spacial score (nSPS) is 22.6. The lowest BCUT2D eigenvalue weighted by Gasteiger charge is -2.43. The Kier molecular flexibility index (Phi) is 24.4. The zero-order chi connectivity index (χ0) is 32.7. The minimum atomic E-state index is 0.306. The second kappa shape index (κ2) is 25.7. The van der Waals surface area contributed by atoms with E-state index in [4.69, 9.17) is 14.2 Å². The maximum Gasteiger partial charge on any atom is 0.0703 e. The lowest BCUT2D eigenvalue weighted by molar-refractivity contribution is -0.0694. The van der Waals surface area contributed by atoms with Gasteiger partial charge in [-0.2, -0.15) is 0 Å². The van der Waals surface area contributed by atoms with Gasteiger partial charge in [-0.3, -0.25) is 4.90 Å². The third-order valence-electron chi connectivity index (χ3n) is 9.42. The predicted molar refractivity (Wildman–Crippen MR) is 189 cm³/mol. The Labute approximate surface area is 275 Å². The monoisotopic (exact) mass is 628 g/mol. The summed E-state index contributed by atoms with van der Waals surface area (Å²) in [5, 5.41) is 0. The molecule has 44 heavy (non-hydrogen) atoms. The summed E-state index contributed by atoms with van der Waals surface area (Å²) in [5.41, 5.74) is 0. The first kappa shape index (κ1) is 41.7. The second-order valence-corrected chi connectivity index (χ2v) is 13.0.